The van der Waals surface area contributed by atoms with Crippen molar-refractivity contribution in [1.29, 1.82) is 0 Å². The van der Waals surface area contributed by atoms with E-state index in [0.717, 1.165) is 29.9 Å². The van der Waals surface area contributed by atoms with Crippen LogP contribution in [-0.2, 0) is 11.2 Å². The average molecular weight is 510 g/mol. The third-order valence-corrected chi connectivity index (χ3v) is 6.57. The molecule has 9 heteroatoms. The number of rotatable bonds is 5. The summed E-state index contributed by atoms with van der Waals surface area (Å²) in [5, 5.41) is 8.55. The number of hydrogen-bond donors (Lipinski definition) is 0. The minimum Gasteiger partial charge on any atom is -0.444 e. The molecule has 1 unspecified atom stereocenters. The molecule has 0 saturated carbocycles. The summed E-state index contributed by atoms with van der Waals surface area (Å²) in [5.41, 5.74) is 1.84. The topological polar surface area (TPSA) is 81.1 Å². The Morgan fingerprint density at radius 3 is 2.43 bits per heavy atom. The number of piperidine rings is 1. The fourth-order valence-electron chi connectivity index (χ4n) is 4.57. The number of nitrogens with zero attached hydrogens (tertiary/aromatic N) is 5. The number of aryl methyl sites for hydroxylation is 1. The predicted octanol–water partition coefficient (Wildman–Crippen LogP) is 6.04. The fourth-order valence-corrected chi connectivity index (χ4v) is 4.57. The number of ether oxygens (including phenoxy) is 1. The van der Waals surface area contributed by atoms with E-state index in [2.05, 4.69) is 15.2 Å². The van der Waals surface area contributed by atoms with Crippen LogP contribution in [0.25, 0.3) is 11.3 Å². The Balaban J connectivity index is 1.51. The summed E-state index contributed by atoms with van der Waals surface area (Å²) in [5.74, 6) is -0.658. The van der Waals surface area contributed by atoms with Crippen LogP contribution in [0.15, 0.2) is 36.5 Å². The lowest BCUT2D eigenvalue weighted by atomic mass is 9.94. The summed E-state index contributed by atoms with van der Waals surface area (Å²) in [6, 6.07) is 7.31. The lowest BCUT2D eigenvalue weighted by Gasteiger charge is -2.33. The molecule has 1 saturated heterocycles. The highest BCUT2D eigenvalue weighted by Crippen LogP contribution is 2.31. The van der Waals surface area contributed by atoms with Crippen LogP contribution in [0.1, 0.15) is 82.1 Å². The molecule has 7 nitrogen and oxygen atoms in total. The SMILES string of the molecule is CCc1cc(-c2c(F)cccc2F)nnc1C(C)c1ccnc(C2CCN(C(=O)OC(C)(C)C)CC2)n1. The van der Waals surface area contributed by atoms with E-state index in [1.807, 2.05) is 40.7 Å². The number of benzene rings is 1. The lowest BCUT2D eigenvalue weighted by Crippen LogP contribution is -2.41. The lowest BCUT2D eigenvalue weighted by molar-refractivity contribution is 0.0203. The third kappa shape index (κ3) is 6.09. The van der Waals surface area contributed by atoms with E-state index < -0.39 is 17.2 Å². The van der Waals surface area contributed by atoms with Crippen molar-refractivity contribution in [3.05, 3.63) is 70.9 Å². The van der Waals surface area contributed by atoms with Crippen LogP contribution in [0.5, 0.6) is 0 Å². The molecule has 4 rings (SSSR count). The van der Waals surface area contributed by atoms with E-state index in [9.17, 15) is 13.6 Å². The molecule has 1 atom stereocenters. The minimum absolute atomic E-state index is 0.133. The Bertz CT molecular complexity index is 1250. The second kappa shape index (κ2) is 10.9. The second-order valence-corrected chi connectivity index (χ2v) is 10.4. The fraction of sp³-hybridized carbons (Fsp3) is 0.464. The first kappa shape index (κ1) is 26.6. The molecule has 196 valence electrons. The monoisotopic (exact) mass is 509 g/mol. The largest absolute Gasteiger partial charge is 0.444 e. The van der Waals surface area contributed by atoms with Gasteiger partial charge in [0.1, 0.15) is 23.1 Å². The normalized spacial score (nSPS) is 15.5. The van der Waals surface area contributed by atoms with Crippen molar-refractivity contribution in [3.8, 4) is 11.3 Å². The van der Waals surface area contributed by atoms with Gasteiger partial charge in [0, 0.05) is 31.1 Å². The Labute approximate surface area is 216 Å². The molecule has 0 radical (unpaired) electrons. The highest BCUT2D eigenvalue weighted by Gasteiger charge is 2.29. The Morgan fingerprint density at radius 2 is 1.81 bits per heavy atom. The third-order valence-electron chi connectivity index (χ3n) is 6.57. The standard InChI is InChI=1S/C28H33F2N5O2/c1-6-18-16-23(24-20(29)8-7-9-21(24)30)33-34-25(18)17(2)22-10-13-31-26(32-22)19-11-14-35(15-12-19)27(36)37-28(3,4)5/h7-10,13,16-17,19H,6,11-12,14-15H2,1-5H3. The molecule has 0 bridgehead atoms. The molecule has 2 aromatic heterocycles. The zero-order valence-electron chi connectivity index (χ0n) is 22.0. The van der Waals surface area contributed by atoms with E-state index in [-0.39, 0.29) is 29.2 Å². The molecule has 0 N–H and O–H groups in total. The van der Waals surface area contributed by atoms with Crippen LogP contribution in [-0.4, -0.2) is 49.8 Å². The first-order valence-corrected chi connectivity index (χ1v) is 12.7. The van der Waals surface area contributed by atoms with Gasteiger partial charge in [-0.1, -0.05) is 19.9 Å². The van der Waals surface area contributed by atoms with Crippen LogP contribution in [0.2, 0.25) is 0 Å². The Morgan fingerprint density at radius 1 is 1.14 bits per heavy atom. The van der Waals surface area contributed by atoms with Crippen LogP contribution >= 0.6 is 0 Å². The summed E-state index contributed by atoms with van der Waals surface area (Å²) in [7, 11) is 0. The van der Waals surface area contributed by atoms with E-state index in [1.165, 1.54) is 18.2 Å². The molecule has 1 aromatic carbocycles. The van der Waals surface area contributed by atoms with Gasteiger partial charge in [-0.2, -0.15) is 10.2 Å². The first-order valence-electron chi connectivity index (χ1n) is 12.7. The number of amides is 1. The molecule has 0 aliphatic carbocycles. The van der Waals surface area contributed by atoms with Gasteiger partial charge < -0.3 is 9.64 Å². The maximum absolute atomic E-state index is 14.3. The highest BCUT2D eigenvalue weighted by atomic mass is 19.1. The number of carbonyl (C=O) groups excluding carboxylic acids is 1. The van der Waals surface area contributed by atoms with Crippen molar-refractivity contribution in [2.45, 2.75) is 71.3 Å². The molecule has 37 heavy (non-hydrogen) atoms. The summed E-state index contributed by atoms with van der Waals surface area (Å²) >= 11 is 0. The zero-order chi connectivity index (χ0) is 26.7. The molecule has 1 aliphatic heterocycles. The molecular weight excluding hydrogens is 476 g/mol. The highest BCUT2D eigenvalue weighted by molar-refractivity contribution is 5.68. The van der Waals surface area contributed by atoms with Crippen LogP contribution in [0.4, 0.5) is 13.6 Å². The van der Waals surface area contributed by atoms with Crippen LogP contribution < -0.4 is 0 Å². The molecule has 1 amide bonds. The van der Waals surface area contributed by atoms with Crippen molar-refractivity contribution in [2.24, 2.45) is 0 Å². The van der Waals surface area contributed by atoms with Crippen LogP contribution in [0, 0.1) is 11.6 Å². The van der Waals surface area contributed by atoms with Crippen molar-refractivity contribution in [1.82, 2.24) is 25.1 Å². The first-order chi connectivity index (χ1) is 17.6. The zero-order valence-corrected chi connectivity index (χ0v) is 22.0. The molecule has 0 spiro atoms. The molecule has 1 aliphatic rings. The van der Waals surface area contributed by atoms with Gasteiger partial charge in [-0.3, -0.25) is 0 Å². The number of hydrogen-bond acceptors (Lipinski definition) is 6. The maximum atomic E-state index is 14.3. The second-order valence-electron chi connectivity index (χ2n) is 10.4. The summed E-state index contributed by atoms with van der Waals surface area (Å²) < 4.78 is 34.1. The van der Waals surface area contributed by atoms with E-state index in [1.54, 1.807) is 17.2 Å². The van der Waals surface area contributed by atoms with Crippen molar-refractivity contribution >= 4 is 6.09 Å². The maximum Gasteiger partial charge on any atom is 0.410 e. The average Bonchev–Trinajstić information content (AvgIpc) is 2.87. The number of carbonyl (C=O) groups is 1. The minimum atomic E-state index is -0.671. The smallest absolute Gasteiger partial charge is 0.410 e. The molecule has 1 fully saturated rings. The van der Waals surface area contributed by atoms with Gasteiger partial charge in [-0.05, 0) is 69.9 Å². The quantitative estimate of drug-likeness (QED) is 0.417. The van der Waals surface area contributed by atoms with Crippen LogP contribution in [0.3, 0.4) is 0 Å². The van der Waals surface area contributed by atoms with Gasteiger partial charge in [0.15, 0.2) is 0 Å². The predicted molar refractivity (Wildman–Crippen MR) is 136 cm³/mol. The van der Waals surface area contributed by atoms with Crippen molar-refractivity contribution < 1.29 is 18.3 Å². The Hall–Kier alpha value is -3.49. The van der Waals surface area contributed by atoms with Gasteiger partial charge in [-0.25, -0.2) is 23.5 Å². The summed E-state index contributed by atoms with van der Waals surface area (Å²) in [6.45, 7) is 10.7. The van der Waals surface area contributed by atoms with E-state index in [0.29, 0.717) is 25.2 Å². The van der Waals surface area contributed by atoms with E-state index >= 15 is 0 Å². The molecule has 3 aromatic rings. The van der Waals surface area contributed by atoms with Crippen molar-refractivity contribution in [3.63, 3.8) is 0 Å². The van der Waals surface area contributed by atoms with Gasteiger partial charge in [0.2, 0.25) is 0 Å². The van der Waals surface area contributed by atoms with E-state index in [4.69, 9.17) is 9.72 Å². The van der Waals surface area contributed by atoms with Gasteiger partial charge in [0.25, 0.3) is 0 Å². The molecule has 3 heterocycles. The molecular formula is C28H33F2N5O2. The van der Waals surface area contributed by atoms with Gasteiger partial charge in [0.05, 0.1) is 22.6 Å². The number of halogens is 2. The summed E-state index contributed by atoms with van der Waals surface area (Å²) in [4.78, 5) is 23.5. The van der Waals surface area contributed by atoms with Gasteiger partial charge >= 0.3 is 6.09 Å². The Kier molecular flexibility index (Phi) is 7.80. The van der Waals surface area contributed by atoms with Crippen molar-refractivity contribution in [2.75, 3.05) is 13.1 Å². The number of aromatic nitrogens is 4. The summed E-state index contributed by atoms with van der Waals surface area (Å²) in [6.07, 6.45) is 3.58. The van der Waals surface area contributed by atoms with Gasteiger partial charge in [-0.15, -0.1) is 0 Å². The number of likely N-dealkylation sites (tertiary alicyclic amines) is 1.